The zero-order chi connectivity index (χ0) is 13.0. The molecule has 0 unspecified atom stereocenters. The number of aromatic nitrogens is 2. The molecule has 0 fully saturated rings. The molecule has 4 heteroatoms. The predicted octanol–water partition coefficient (Wildman–Crippen LogP) is 3.07. The molecule has 0 aliphatic carbocycles. The number of benzene rings is 2. The highest BCUT2D eigenvalue weighted by Gasteiger charge is 2.10. The lowest BCUT2D eigenvalue weighted by atomic mass is 10.2. The van der Waals surface area contributed by atoms with Gasteiger partial charge in [-0.1, -0.05) is 12.1 Å². The fourth-order valence-corrected chi connectivity index (χ4v) is 2.58. The third-order valence-corrected chi connectivity index (χ3v) is 3.40. The number of nitrogens with zero attached hydrogens (tertiary/aromatic N) is 1. The van der Waals surface area contributed by atoms with E-state index in [1.165, 1.54) is 12.1 Å². The van der Waals surface area contributed by atoms with Gasteiger partial charge in [0.2, 0.25) is 0 Å². The molecule has 2 heterocycles. The Labute approximate surface area is 106 Å². The van der Waals surface area contributed by atoms with Crippen molar-refractivity contribution < 1.29 is 4.39 Å². The summed E-state index contributed by atoms with van der Waals surface area (Å²) in [4.78, 5) is 15.0. The summed E-state index contributed by atoms with van der Waals surface area (Å²) in [7, 11) is 0. The molecule has 4 aromatic rings. The van der Waals surface area contributed by atoms with Crippen LogP contribution in [0.2, 0.25) is 0 Å². The van der Waals surface area contributed by atoms with Gasteiger partial charge < -0.3 is 9.38 Å². The molecule has 3 nitrogen and oxygen atoms in total. The van der Waals surface area contributed by atoms with Crippen LogP contribution >= 0.6 is 0 Å². The molecule has 0 radical (unpaired) electrons. The van der Waals surface area contributed by atoms with Gasteiger partial charge in [-0.05, 0) is 30.3 Å². The number of para-hydroxylation sites is 2. The van der Waals surface area contributed by atoms with E-state index >= 15 is 0 Å². The average molecular weight is 252 g/mol. The minimum Gasteiger partial charge on any atom is -0.319 e. The molecule has 0 amide bonds. The van der Waals surface area contributed by atoms with Gasteiger partial charge in [-0.25, -0.2) is 4.39 Å². The molecule has 0 atom stereocenters. The highest BCUT2D eigenvalue weighted by Crippen LogP contribution is 2.23. The van der Waals surface area contributed by atoms with E-state index in [4.69, 9.17) is 0 Å². The van der Waals surface area contributed by atoms with Crippen molar-refractivity contribution in [1.29, 1.82) is 0 Å². The predicted molar refractivity (Wildman–Crippen MR) is 73.0 cm³/mol. The average Bonchev–Trinajstić information content (AvgIpc) is 2.78. The van der Waals surface area contributed by atoms with Gasteiger partial charge >= 0.3 is 0 Å². The first-order chi connectivity index (χ1) is 9.24. The quantitative estimate of drug-likeness (QED) is 0.513. The second-order valence-corrected chi connectivity index (χ2v) is 4.55. The standard InChI is InChI=1S/C15H9FN2O/c16-10-5-6-11-9(7-10)8-18-13-4-2-1-3-12(13)17-15(19)14(11)18/h1-8H,(H,17,19). The summed E-state index contributed by atoms with van der Waals surface area (Å²) < 4.78 is 15.1. The van der Waals surface area contributed by atoms with Crippen LogP contribution in [0.3, 0.4) is 0 Å². The fourth-order valence-electron chi connectivity index (χ4n) is 2.58. The first-order valence-electron chi connectivity index (χ1n) is 5.95. The molecule has 0 saturated carbocycles. The van der Waals surface area contributed by atoms with E-state index in [2.05, 4.69) is 4.98 Å². The molecule has 1 N–H and O–H groups in total. The van der Waals surface area contributed by atoms with E-state index in [0.29, 0.717) is 5.52 Å². The molecule has 0 spiro atoms. The minimum atomic E-state index is -0.302. The Morgan fingerprint density at radius 1 is 1.11 bits per heavy atom. The Kier molecular flexibility index (Phi) is 1.87. The fraction of sp³-hybridized carbons (Fsp3) is 0. The van der Waals surface area contributed by atoms with E-state index in [0.717, 1.165) is 21.8 Å². The molecular weight excluding hydrogens is 243 g/mol. The largest absolute Gasteiger partial charge is 0.319 e. The number of H-pyrrole nitrogens is 1. The summed E-state index contributed by atoms with van der Waals surface area (Å²) in [5, 5.41) is 1.48. The van der Waals surface area contributed by atoms with Crippen LogP contribution in [0.5, 0.6) is 0 Å². The topological polar surface area (TPSA) is 37.3 Å². The SMILES string of the molecule is O=c1[nH]c2ccccc2n2cc3cc(F)ccc3c12. The summed E-state index contributed by atoms with van der Waals surface area (Å²) in [5.41, 5.74) is 2.04. The molecule has 0 aliphatic rings. The molecule has 2 aromatic heterocycles. The highest BCUT2D eigenvalue weighted by atomic mass is 19.1. The molecule has 4 rings (SSSR count). The minimum absolute atomic E-state index is 0.166. The second kappa shape index (κ2) is 3.45. The summed E-state index contributed by atoms with van der Waals surface area (Å²) in [6, 6.07) is 12.0. The molecule has 0 saturated heterocycles. The number of nitrogens with one attached hydrogen (secondary N) is 1. The first kappa shape index (κ1) is 10.3. The van der Waals surface area contributed by atoms with E-state index in [-0.39, 0.29) is 11.4 Å². The molecule has 0 bridgehead atoms. The lowest BCUT2D eigenvalue weighted by molar-refractivity contribution is 0.630. The summed E-state index contributed by atoms with van der Waals surface area (Å²) in [6.07, 6.45) is 1.80. The maximum Gasteiger partial charge on any atom is 0.273 e. The zero-order valence-electron chi connectivity index (χ0n) is 9.85. The van der Waals surface area contributed by atoms with Crippen molar-refractivity contribution in [2.75, 3.05) is 0 Å². The number of fused-ring (bicyclic) bond motifs is 5. The van der Waals surface area contributed by atoms with Crippen LogP contribution in [0.1, 0.15) is 0 Å². The first-order valence-corrected chi connectivity index (χ1v) is 5.95. The smallest absolute Gasteiger partial charge is 0.273 e. The Hall–Kier alpha value is -2.62. The van der Waals surface area contributed by atoms with Crippen molar-refractivity contribution in [3.63, 3.8) is 0 Å². The van der Waals surface area contributed by atoms with Gasteiger partial charge in [-0.2, -0.15) is 0 Å². The van der Waals surface area contributed by atoms with Crippen LogP contribution in [-0.2, 0) is 0 Å². The summed E-state index contributed by atoms with van der Waals surface area (Å²) >= 11 is 0. The lowest BCUT2D eigenvalue weighted by Gasteiger charge is -2.01. The van der Waals surface area contributed by atoms with Crippen molar-refractivity contribution in [3.8, 4) is 0 Å². The Balaban J connectivity index is 2.37. The summed E-state index contributed by atoms with van der Waals surface area (Å²) in [5.74, 6) is -0.302. The van der Waals surface area contributed by atoms with E-state index in [9.17, 15) is 9.18 Å². The van der Waals surface area contributed by atoms with Gasteiger partial charge in [0, 0.05) is 17.0 Å². The monoisotopic (exact) mass is 252 g/mol. The molecule has 2 aromatic carbocycles. The Morgan fingerprint density at radius 3 is 2.84 bits per heavy atom. The van der Waals surface area contributed by atoms with Crippen molar-refractivity contribution in [3.05, 3.63) is 64.8 Å². The number of halogens is 1. The number of rotatable bonds is 0. The van der Waals surface area contributed by atoms with Crippen LogP contribution < -0.4 is 5.56 Å². The maximum atomic E-state index is 13.3. The van der Waals surface area contributed by atoms with E-state index < -0.39 is 0 Å². The summed E-state index contributed by atoms with van der Waals surface area (Å²) in [6.45, 7) is 0. The van der Waals surface area contributed by atoms with Gasteiger partial charge in [0.15, 0.2) is 0 Å². The number of hydrogen-bond donors (Lipinski definition) is 1. The van der Waals surface area contributed by atoms with Gasteiger partial charge in [-0.3, -0.25) is 4.79 Å². The molecule has 19 heavy (non-hydrogen) atoms. The normalized spacial score (nSPS) is 11.6. The van der Waals surface area contributed by atoms with Crippen LogP contribution in [0, 0.1) is 5.82 Å². The third kappa shape index (κ3) is 1.34. The highest BCUT2D eigenvalue weighted by molar-refractivity contribution is 5.99. The third-order valence-electron chi connectivity index (χ3n) is 3.40. The van der Waals surface area contributed by atoms with Crippen molar-refractivity contribution in [1.82, 2.24) is 9.38 Å². The maximum absolute atomic E-state index is 13.3. The molecule has 0 aliphatic heterocycles. The number of hydrogen-bond acceptors (Lipinski definition) is 1. The Morgan fingerprint density at radius 2 is 1.95 bits per heavy atom. The van der Waals surface area contributed by atoms with Crippen LogP contribution in [0.25, 0.3) is 27.3 Å². The Bertz CT molecular complexity index is 997. The number of aromatic amines is 1. The van der Waals surface area contributed by atoms with E-state index in [1.54, 1.807) is 12.3 Å². The van der Waals surface area contributed by atoms with Crippen LogP contribution in [-0.4, -0.2) is 9.38 Å². The second-order valence-electron chi connectivity index (χ2n) is 4.55. The van der Waals surface area contributed by atoms with Crippen LogP contribution in [0.4, 0.5) is 4.39 Å². The van der Waals surface area contributed by atoms with Gasteiger partial charge in [0.1, 0.15) is 11.3 Å². The van der Waals surface area contributed by atoms with E-state index in [1.807, 2.05) is 28.7 Å². The van der Waals surface area contributed by atoms with Crippen LogP contribution in [0.15, 0.2) is 53.5 Å². The van der Waals surface area contributed by atoms with Gasteiger partial charge in [0.05, 0.1) is 11.0 Å². The van der Waals surface area contributed by atoms with Gasteiger partial charge in [0.25, 0.3) is 5.56 Å². The molecular formula is C15H9FN2O. The zero-order valence-corrected chi connectivity index (χ0v) is 9.85. The van der Waals surface area contributed by atoms with Crippen molar-refractivity contribution in [2.24, 2.45) is 0 Å². The van der Waals surface area contributed by atoms with Crippen molar-refractivity contribution >= 4 is 27.3 Å². The van der Waals surface area contributed by atoms with Gasteiger partial charge in [-0.15, -0.1) is 0 Å². The molecule has 92 valence electrons. The van der Waals surface area contributed by atoms with Crippen molar-refractivity contribution in [2.45, 2.75) is 0 Å². The lowest BCUT2D eigenvalue weighted by Crippen LogP contribution is -2.09.